The van der Waals surface area contributed by atoms with Crippen molar-refractivity contribution >= 4 is 16.7 Å². The van der Waals surface area contributed by atoms with E-state index in [0.29, 0.717) is 16.7 Å². The van der Waals surface area contributed by atoms with Crippen molar-refractivity contribution in [2.45, 2.75) is 0 Å². The Morgan fingerprint density at radius 2 is 1.52 bits per heavy atom. The van der Waals surface area contributed by atoms with E-state index in [1.54, 1.807) is 54.6 Å². The molecule has 0 radical (unpaired) electrons. The molecule has 112 valence electrons. The molecule has 0 unspecified atom stereocenters. The Labute approximate surface area is 128 Å². The first kappa shape index (κ1) is 13.2. The minimum atomic E-state index is -0.818. The molecule has 1 N–H and O–H groups in total. The van der Waals surface area contributed by atoms with Crippen LogP contribution in [0.3, 0.4) is 0 Å². The number of hydrogen-bond donors (Lipinski definition) is 1. The van der Waals surface area contributed by atoms with Crippen molar-refractivity contribution in [3.63, 3.8) is 0 Å². The minimum Gasteiger partial charge on any atom is -0.317 e. The Hall–Kier alpha value is -3.48. The molecule has 4 aromatic rings. The predicted octanol–water partition coefficient (Wildman–Crippen LogP) is 0.687. The highest BCUT2D eigenvalue weighted by Crippen LogP contribution is 2.08. The van der Waals surface area contributed by atoms with Gasteiger partial charge in [0, 0.05) is 0 Å². The highest BCUT2D eigenvalue weighted by atomic mass is 16.2. The summed E-state index contributed by atoms with van der Waals surface area (Å²) in [6, 6.07) is 15.2. The lowest BCUT2D eigenvalue weighted by atomic mass is 10.3. The zero-order valence-corrected chi connectivity index (χ0v) is 11.8. The van der Waals surface area contributed by atoms with Crippen LogP contribution in [0.15, 0.2) is 69.0 Å². The summed E-state index contributed by atoms with van der Waals surface area (Å²) >= 11 is 0. The van der Waals surface area contributed by atoms with Crippen molar-refractivity contribution in [3.05, 3.63) is 85.7 Å². The molecule has 2 aromatic carbocycles. The highest BCUT2D eigenvalue weighted by molar-refractivity contribution is 5.76. The van der Waals surface area contributed by atoms with Crippen molar-refractivity contribution < 1.29 is 0 Å². The largest absolute Gasteiger partial charge is 0.337 e. The molecule has 0 aliphatic carbocycles. The Morgan fingerprint density at radius 3 is 2.30 bits per heavy atom. The summed E-state index contributed by atoms with van der Waals surface area (Å²) < 4.78 is 2.00. The quantitative estimate of drug-likeness (QED) is 0.414. The molecule has 2 heterocycles. The molecule has 0 fully saturated rings. The Kier molecular flexibility index (Phi) is 2.74. The van der Waals surface area contributed by atoms with Gasteiger partial charge in [0.15, 0.2) is 0 Å². The number of aromatic amines is 1. The minimum absolute atomic E-state index is 0.128. The van der Waals surface area contributed by atoms with E-state index in [2.05, 4.69) is 10.1 Å². The second-order valence-electron chi connectivity index (χ2n) is 4.99. The summed E-state index contributed by atoms with van der Waals surface area (Å²) in [7, 11) is 0. The summed E-state index contributed by atoms with van der Waals surface area (Å²) in [5.74, 6) is 0. The van der Waals surface area contributed by atoms with Crippen molar-refractivity contribution in [1.82, 2.24) is 19.2 Å². The number of para-hydroxylation sites is 3. The van der Waals surface area contributed by atoms with E-state index in [-0.39, 0.29) is 5.65 Å². The zero-order chi connectivity index (χ0) is 16.0. The van der Waals surface area contributed by atoms with Crippen LogP contribution < -0.4 is 16.7 Å². The fraction of sp³-hybridized carbons (Fsp3) is 0. The van der Waals surface area contributed by atoms with Gasteiger partial charge in [-0.15, -0.1) is 5.10 Å². The van der Waals surface area contributed by atoms with E-state index < -0.39 is 16.7 Å². The third-order valence-corrected chi connectivity index (χ3v) is 3.58. The molecule has 0 bridgehead atoms. The van der Waals surface area contributed by atoms with Crippen LogP contribution in [0, 0.1) is 0 Å². The Morgan fingerprint density at radius 1 is 0.826 bits per heavy atom. The van der Waals surface area contributed by atoms with Gasteiger partial charge < -0.3 is 4.98 Å². The maximum Gasteiger partial charge on any atom is 0.337 e. The van der Waals surface area contributed by atoms with Crippen molar-refractivity contribution in [1.29, 1.82) is 0 Å². The molecule has 0 aliphatic rings. The zero-order valence-electron chi connectivity index (χ0n) is 11.8. The first-order valence-electron chi connectivity index (χ1n) is 6.89. The lowest BCUT2D eigenvalue weighted by Gasteiger charge is -2.08. The predicted molar refractivity (Wildman–Crippen MR) is 85.2 cm³/mol. The number of H-pyrrole nitrogens is 1. The first-order chi connectivity index (χ1) is 11.2. The number of hydrogen-bond acceptors (Lipinski definition) is 4. The molecular formula is C16H10N4O3. The molecule has 0 amide bonds. The number of nitrogens with zero attached hydrogens (tertiary/aromatic N) is 3. The van der Waals surface area contributed by atoms with Gasteiger partial charge in [-0.1, -0.05) is 30.3 Å². The number of benzene rings is 2. The van der Waals surface area contributed by atoms with Gasteiger partial charge in [0.25, 0.3) is 5.56 Å². The second kappa shape index (κ2) is 4.77. The van der Waals surface area contributed by atoms with Gasteiger partial charge in [-0.05, 0) is 24.3 Å². The van der Waals surface area contributed by atoms with Crippen LogP contribution in [-0.4, -0.2) is 19.2 Å². The SMILES string of the molecule is O=c1[nH]c2ccccc2n2c(=O)c(=O)n(-c3ccccc3)nc12. The first-order valence-corrected chi connectivity index (χ1v) is 6.89. The van der Waals surface area contributed by atoms with Crippen LogP contribution in [0.1, 0.15) is 0 Å². The van der Waals surface area contributed by atoms with Crippen LogP contribution in [-0.2, 0) is 0 Å². The number of fused-ring (bicyclic) bond motifs is 3. The van der Waals surface area contributed by atoms with Gasteiger partial charge in [-0.3, -0.25) is 14.4 Å². The smallest absolute Gasteiger partial charge is 0.317 e. The number of rotatable bonds is 1. The monoisotopic (exact) mass is 306 g/mol. The van der Waals surface area contributed by atoms with E-state index in [4.69, 9.17) is 0 Å². The lowest BCUT2D eigenvalue weighted by Crippen LogP contribution is -2.41. The molecule has 23 heavy (non-hydrogen) atoms. The van der Waals surface area contributed by atoms with Gasteiger partial charge in [-0.2, -0.15) is 4.68 Å². The van der Waals surface area contributed by atoms with Gasteiger partial charge >= 0.3 is 11.1 Å². The Balaban J connectivity index is 2.25. The molecule has 4 rings (SSSR count). The van der Waals surface area contributed by atoms with Crippen molar-refractivity contribution in [2.24, 2.45) is 0 Å². The third-order valence-electron chi connectivity index (χ3n) is 3.58. The van der Waals surface area contributed by atoms with Crippen LogP contribution >= 0.6 is 0 Å². The lowest BCUT2D eigenvalue weighted by molar-refractivity contribution is 0.770. The Bertz CT molecular complexity index is 1220. The average molecular weight is 306 g/mol. The molecule has 0 aliphatic heterocycles. The van der Waals surface area contributed by atoms with Crippen LogP contribution in [0.5, 0.6) is 0 Å². The van der Waals surface area contributed by atoms with Gasteiger partial charge in [0.2, 0.25) is 5.65 Å². The number of aromatic nitrogens is 4. The van der Waals surface area contributed by atoms with Gasteiger partial charge in [0.05, 0.1) is 16.7 Å². The summed E-state index contributed by atoms with van der Waals surface area (Å²) in [5, 5.41) is 4.08. The second-order valence-corrected chi connectivity index (χ2v) is 4.99. The third kappa shape index (κ3) is 1.90. The summed E-state index contributed by atoms with van der Waals surface area (Å²) in [6.45, 7) is 0. The summed E-state index contributed by atoms with van der Waals surface area (Å²) in [6.07, 6.45) is 0. The van der Waals surface area contributed by atoms with E-state index in [1.165, 1.54) is 0 Å². The van der Waals surface area contributed by atoms with Crippen LogP contribution in [0.2, 0.25) is 0 Å². The normalized spacial score (nSPS) is 11.1. The van der Waals surface area contributed by atoms with E-state index >= 15 is 0 Å². The molecule has 0 atom stereocenters. The fourth-order valence-electron chi connectivity index (χ4n) is 2.53. The standard InChI is InChI=1S/C16H10N4O3/c21-14-13-18-20(10-6-2-1-3-7-10)16(23)15(22)19(13)12-9-5-4-8-11(12)17-14/h1-9H,(H,17,21). The van der Waals surface area contributed by atoms with E-state index in [0.717, 1.165) is 9.08 Å². The van der Waals surface area contributed by atoms with E-state index in [1.807, 2.05) is 0 Å². The maximum atomic E-state index is 12.5. The summed E-state index contributed by atoms with van der Waals surface area (Å²) in [4.78, 5) is 39.8. The molecule has 7 heteroatoms. The molecule has 0 saturated carbocycles. The molecule has 7 nitrogen and oxygen atoms in total. The number of nitrogens with one attached hydrogen (secondary N) is 1. The molecule has 2 aromatic heterocycles. The van der Waals surface area contributed by atoms with Crippen molar-refractivity contribution in [2.75, 3.05) is 0 Å². The average Bonchev–Trinajstić information content (AvgIpc) is 2.58. The van der Waals surface area contributed by atoms with Crippen LogP contribution in [0.4, 0.5) is 0 Å². The molecular weight excluding hydrogens is 296 g/mol. The fourth-order valence-corrected chi connectivity index (χ4v) is 2.53. The molecule has 0 saturated heterocycles. The van der Waals surface area contributed by atoms with Gasteiger partial charge in [-0.25, -0.2) is 4.40 Å². The maximum absolute atomic E-state index is 12.5. The van der Waals surface area contributed by atoms with Gasteiger partial charge in [0.1, 0.15) is 0 Å². The summed E-state index contributed by atoms with van der Waals surface area (Å²) in [5.41, 5.74) is -0.986. The van der Waals surface area contributed by atoms with Crippen molar-refractivity contribution in [3.8, 4) is 5.69 Å². The highest BCUT2D eigenvalue weighted by Gasteiger charge is 2.14. The van der Waals surface area contributed by atoms with E-state index in [9.17, 15) is 14.4 Å². The topological polar surface area (TPSA) is 89.2 Å². The van der Waals surface area contributed by atoms with Crippen LogP contribution in [0.25, 0.3) is 22.4 Å². The molecule has 0 spiro atoms.